The van der Waals surface area contributed by atoms with E-state index < -0.39 is 11.7 Å². The standard InChI is InChI=1S/C25H23ClFN5O2/c26-22-18(27)4-3-16-19(5-6-29-24(16)22)32-20-13-15(31-7-9-34-10-8-31)12-17(25(28)33)23(20)30-21(32)11-14-1-2-14/h3-6,12-14H,1-2,7-11H2,(H2,28,33). The second kappa shape index (κ2) is 8.21. The largest absolute Gasteiger partial charge is 0.378 e. The lowest BCUT2D eigenvalue weighted by Gasteiger charge is -2.29. The predicted octanol–water partition coefficient (Wildman–Crippen LogP) is 4.25. The number of ether oxygens (including phenoxy) is 1. The Balaban J connectivity index is 1.65. The number of fused-ring (bicyclic) bond motifs is 2. The number of carbonyl (C=O) groups is 1. The van der Waals surface area contributed by atoms with Crippen LogP contribution in [0.1, 0.15) is 29.0 Å². The SMILES string of the molecule is NC(=O)c1cc(N2CCOCC2)cc2c1nc(CC1CC1)n2-c1ccnc2c(Cl)c(F)ccc12. The summed E-state index contributed by atoms with van der Waals surface area (Å²) < 4.78 is 21.7. The number of nitrogens with zero attached hydrogens (tertiary/aromatic N) is 4. The molecule has 1 saturated heterocycles. The summed E-state index contributed by atoms with van der Waals surface area (Å²) in [7, 11) is 0. The maximum absolute atomic E-state index is 14.2. The average Bonchev–Trinajstić information content (AvgIpc) is 3.59. The van der Waals surface area contributed by atoms with Crippen LogP contribution in [0.4, 0.5) is 10.1 Å². The van der Waals surface area contributed by atoms with Crippen LogP contribution >= 0.6 is 11.6 Å². The number of benzene rings is 2. The highest BCUT2D eigenvalue weighted by Crippen LogP contribution is 2.38. The van der Waals surface area contributed by atoms with E-state index in [4.69, 9.17) is 27.1 Å². The Bertz CT molecular complexity index is 1440. The average molecular weight is 480 g/mol. The fraction of sp³-hybridized carbons (Fsp3) is 0.320. The lowest BCUT2D eigenvalue weighted by Crippen LogP contribution is -2.36. The lowest BCUT2D eigenvalue weighted by atomic mass is 10.1. The smallest absolute Gasteiger partial charge is 0.251 e. The van der Waals surface area contributed by atoms with Crippen LogP contribution in [0.2, 0.25) is 5.02 Å². The van der Waals surface area contributed by atoms with Crippen molar-refractivity contribution < 1.29 is 13.9 Å². The van der Waals surface area contributed by atoms with Gasteiger partial charge in [-0.1, -0.05) is 11.6 Å². The van der Waals surface area contributed by atoms with Crippen molar-refractivity contribution >= 4 is 45.1 Å². The molecule has 2 aromatic carbocycles. The van der Waals surface area contributed by atoms with E-state index in [1.54, 1.807) is 12.3 Å². The minimum absolute atomic E-state index is 0.0145. The first-order chi connectivity index (χ1) is 16.5. The van der Waals surface area contributed by atoms with Crippen molar-refractivity contribution in [3.05, 3.63) is 58.8 Å². The van der Waals surface area contributed by atoms with E-state index in [0.29, 0.717) is 41.1 Å². The zero-order valence-electron chi connectivity index (χ0n) is 18.4. The van der Waals surface area contributed by atoms with Crippen molar-refractivity contribution in [2.75, 3.05) is 31.2 Å². The van der Waals surface area contributed by atoms with Gasteiger partial charge >= 0.3 is 0 Å². The van der Waals surface area contributed by atoms with Crippen LogP contribution in [-0.4, -0.2) is 46.7 Å². The van der Waals surface area contributed by atoms with Crippen LogP contribution in [0, 0.1) is 11.7 Å². The fourth-order valence-corrected chi connectivity index (χ4v) is 4.94. The third-order valence-corrected chi connectivity index (χ3v) is 7.01. The number of morpholine rings is 1. The molecule has 1 aliphatic carbocycles. The van der Waals surface area contributed by atoms with Gasteiger partial charge in [0.2, 0.25) is 0 Å². The van der Waals surface area contributed by atoms with E-state index in [9.17, 15) is 9.18 Å². The molecular weight excluding hydrogens is 457 g/mol. The van der Waals surface area contributed by atoms with Gasteiger partial charge in [-0.25, -0.2) is 9.37 Å². The van der Waals surface area contributed by atoms with Gasteiger partial charge in [0.1, 0.15) is 22.2 Å². The highest BCUT2D eigenvalue weighted by molar-refractivity contribution is 6.35. The van der Waals surface area contributed by atoms with Gasteiger partial charge in [0, 0.05) is 36.8 Å². The van der Waals surface area contributed by atoms with Crippen molar-refractivity contribution in [3.63, 3.8) is 0 Å². The molecule has 34 heavy (non-hydrogen) atoms. The van der Waals surface area contributed by atoms with Crippen molar-refractivity contribution in [1.29, 1.82) is 0 Å². The van der Waals surface area contributed by atoms with Crippen molar-refractivity contribution in [1.82, 2.24) is 14.5 Å². The molecular formula is C25H23ClFN5O2. The molecule has 6 rings (SSSR count). The summed E-state index contributed by atoms with van der Waals surface area (Å²) in [6.45, 7) is 2.68. The van der Waals surface area contributed by atoms with E-state index in [-0.39, 0.29) is 5.02 Å². The molecule has 0 spiro atoms. The van der Waals surface area contributed by atoms with Gasteiger partial charge in [-0.2, -0.15) is 0 Å². The van der Waals surface area contributed by atoms with Gasteiger partial charge in [0.05, 0.1) is 35.5 Å². The van der Waals surface area contributed by atoms with Gasteiger partial charge in [-0.05, 0) is 49.1 Å². The van der Waals surface area contributed by atoms with Gasteiger partial charge in [-0.3, -0.25) is 14.3 Å². The number of primary amides is 1. The number of amides is 1. The summed E-state index contributed by atoms with van der Waals surface area (Å²) >= 11 is 6.26. The molecule has 7 nitrogen and oxygen atoms in total. The molecule has 0 unspecified atom stereocenters. The van der Waals surface area contributed by atoms with Gasteiger partial charge < -0.3 is 15.4 Å². The number of hydrogen-bond donors (Lipinski definition) is 1. The molecule has 1 amide bonds. The lowest BCUT2D eigenvalue weighted by molar-refractivity contribution is 0.100. The number of pyridine rings is 1. The zero-order valence-corrected chi connectivity index (χ0v) is 19.2. The van der Waals surface area contributed by atoms with Crippen molar-refractivity contribution in [3.8, 4) is 5.69 Å². The Labute approximate surface area is 200 Å². The van der Waals surface area contributed by atoms with Crippen LogP contribution in [0.3, 0.4) is 0 Å². The van der Waals surface area contributed by atoms with Crippen LogP contribution < -0.4 is 10.6 Å². The molecule has 4 aromatic rings. The monoisotopic (exact) mass is 479 g/mol. The van der Waals surface area contributed by atoms with Crippen LogP contribution in [0.25, 0.3) is 27.6 Å². The Hall–Kier alpha value is -3.23. The topological polar surface area (TPSA) is 86.3 Å². The first-order valence-corrected chi connectivity index (χ1v) is 11.8. The summed E-state index contributed by atoms with van der Waals surface area (Å²) in [5.74, 6) is 0.359. The first-order valence-electron chi connectivity index (χ1n) is 11.4. The highest BCUT2D eigenvalue weighted by atomic mass is 35.5. The van der Waals surface area contributed by atoms with Gasteiger partial charge in [-0.15, -0.1) is 0 Å². The number of halogens is 2. The minimum Gasteiger partial charge on any atom is -0.378 e. The van der Waals surface area contributed by atoms with E-state index in [1.165, 1.54) is 6.07 Å². The number of anilines is 1. The molecule has 0 radical (unpaired) electrons. The number of imidazole rings is 1. The van der Waals surface area contributed by atoms with E-state index >= 15 is 0 Å². The van der Waals surface area contributed by atoms with Crippen LogP contribution in [0.5, 0.6) is 0 Å². The summed E-state index contributed by atoms with van der Waals surface area (Å²) in [5.41, 5.74) is 9.62. The number of nitrogens with two attached hydrogens (primary N) is 1. The number of rotatable bonds is 5. The molecule has 2 aromatic heterocycles. The molecule has 1 saturated carbocycles. The maximum atomic E-state index is 14.2. The molecule has 2 N–H and O–H groups in total. The van der Waals surface area contributed by atoms with Crippen molar-refractivity contribution in [2.45, 2.75) is 19.3 Å². The van der Waals surface area contributed by atoms with E-state index in [0.717, 1.165) is 55.1 Å². The number of aromatic nitrogens is 3. The third-order valence-electron chi connectivity index (χ3n) is 6.65. The number of carbonyl (C=O) groups excluding carboxylic acids is 1. The van der Waals surface area contributed by atoms with Crippen LogP contribution in [0.15, 0.2) is 36.5 Å². The molecule has 1 aliphatic heterocycles. The highest BCUT2D eigenvalue weighted by Gasteiger charge is 2.28. The predicted molar refractivity (Wildman–Crippen MR) is 129 cm³/mol. The third kappa shape index (κ3) is 3.58. The van der Waals surface area contributed by atoms with Gasteiger partial charge in [0.25, 0.3) is 5.91 Å². The maximum Gasteiger partial charge on any atom is 0.251 e. The molecule has 9 heteroatoms. The first kappa shape index (κ1) is 21.3. The van der Waals surface area contributed by atoms with Crippen LogP contribution in [-0.2, 0) is 11.2 Å². The molecule has 3 heterocycles. The Kier molecular flexibility index (Phi) is 5.15. The Morgan fingerprint density at radius 1 is 1.18 bits per heavy atom. The van der Waals surface area contributed by atoms with Gasteiger partial charge in [0.15, 0.2) is 0 Å². The Morgan fingerprint density at radius 3 is 2.71 bits per heavy atom. The summed E-state index contributed by atoms with van der Waals surface area (Å²) in [6.07, 6.45) is 4.70. The minimum atomic E-state index is -0.521. The zero-order chi connectivity index (χ0) is 23.4. The molecule has 0 bridgehead atoms. The normalized spacial score (nSPS) is 16.5. The summed E-state index contributed by atoms with van der Waals surface area (Å²) in [4.78, 5) is 23.9. The quantitative estimate of drug-likeness (QED) is 0.462. The van der Waals surface area contributed by atoms with Crippen molar-refractivity contribution in [2.24, 2.45) is 11.7 Å². The Morgan fingerprint density at radius 2 is 1.97 bits per heavy atom. The van der Waals surface area contributed by atoms with E-state index in [1.807, 2.05) is 18.2 Å². The summed E-state index contributed by atoms with van der Waals surface area (Å²) in [6, 6.07) is 8.79. The molecule has 2 fully saturated rings. The summed E-state index contributed by atoms with van der Waals surface area (Å²) in [5, 5.41) is 0.696. The molecule has 2 aliphatic rings. The number of hydrogen-bond acceptors (Lipinski definition) is 5. The molecule has 174 valence electrons. The second-order valence-electron chi connectivity index (χ2n) is 8.92. The second-order valence-corrected chi connectivity index (χ2v) is 9.30. The molecule has 0 atom stereocenters. The van der Waals surface area contributed by atoms with E-state index in [2.05, 4.69) is 14.5 Å². The fourth-order valence-electron chi connectivity index (χ4n) is 4.73.